The highest BCUT2D eigenvalue weighted by molar-refractivity contribution is 5.80. The molecule has 0 saturated carbocycles. The number of ether oxygens (including phenoxy) is 2. The average Bonchev–Trinajstić information content (AvgIpc) is 2.65. The maximum Gasteiger partial charge on any atom is 0.191 e. The molecule has 1 unspecified atom stereocenters. The zero-order valence-corrected chi connectivity index (χ0v) is 16.8. The number of benzene rings is 1. The number of guanidine groups is 1. The predicted octanol–water partition coefficient (Wildman–Crippen LogP) is 3.48. The van der Waals surface area contributed by atoms with Gasteiger partial charge in [0.1, 0.15) is 0 Å². The molecule has 26 heavy (non-hydrogen) atoms. The average molecular weight is 362 g/mol. The minimum atomic E-state index is 0.326. The van der Waals surface area contributed by atoms with Crippen LogP contribution in [0.25, 0.3) is 0 Å². The molecule has 1 aromatic carbocycles. The standard InChI is InChI=1S/C21H35N3O2/c1-5-22-21(24-17(4)16(2)3)23-14-18-7-6-8-19(13-18)15-26-20-9-11-25-12-10-20/h6-8,13,16-17,20H,5,9-12,14-15H2,1-4H3,(H2,22,23,24). The number of rotatable bonds is 8. The van der Waals surface area contributed by atoms with E-state index >= 15 is 0 Å². The fraction of sp³-hybridized carbons (Fsp3) is 0.667. The Morgan fingerprint density at radius 2 is 1.96 bits per heavy atom. The van der Waals surface area contributed by atoms with Crippen LogP contribution in [0.3, 0.4) is 0 Å². The van der Waals surface area contributed by atoms with E-state index in [1.54, 1.807) is 0 Å². The second-order valence-electron chi connectivity index (χ2n) is 7.31. The second-order valence-corrected chi connectivity index (χ2v) is 7.31. The summed E-state index contributed by atoms with van der Waals surface area (Å²) in [6.07, 6.45) is 2.32. The van der Waals surface area contributed by atoms with Crippen molar-refractivity contribution in [2.75, 3.05) is 19.8 Å². The zero-order valence-electron chi connectivity index (χ0n) is 16.8. The van der Waals surface area contributed by atoms with Gasteiger partial charge in [0, 0.05) is 25.8 Å². The summed E-state index contributed by atoms with van der Waals surface area (Å²) < 4.78 is 11.4. The Balaban J connectivity index is 1.90. The van der Waals surface area contributed by atoms with Crippen molar-refractivity contribution < 1.29 is 9.47 Å². The van der Waals surface area contributed by atoms with Crippen LogP contribution in [0.5, 0.6) is 0 Å². The lowest BCUT2D eigenvalue weighted by Gasteiger charge is -2.22. The number of nitrogens with one attached hydrogen (secondary N) is 2. The van der Waals surface area contributed by atoms with E-state index in [2.05, 4.69) is 62.6 Å². The summed E-state index contributed by atoms with van der Waals surface area (Å²) in [6, 6.07) is 8.91. The van der Waals surface area contributed by atoms with Gasteiger partial charge < -0.3 is 20.1 Å². The molecule has 1 aliphatic heterocycles. The van der Waals surface area contributed by atoms with Crippen LogP contribution >= 0.6 is 0 Å². The van der Waals surface area contributed by atoms with Crippen molar-refractivity contribution in [1.82, 2.24) is 10.6 Å². The molecule has 2 N–H and O–H groups in total. The van der Waals surface area contributed by atoms with Crippen LogP contribution in [0, 0.1) is 5.92 Å². The molecule has 2 rings (SSSR count). The van der Waals surface area contributed by atoms with Crippen molar-refractivity contribution in [3.05, 3.63) is 35.4 Å². The van der Waals surface area contributed by atoms with Crippen LogP contribution in [0.15, 0.2) is 29.3 Å². The third-order valence-electron chi connectivity index (χ3n) is 4.77. The van der Waals surface area contributed by atoms with Crippen molar-refractivity contribution >= 4 is 5.96 Å². The van der Waals surface area contributed by atoms with Crippen molar-refractivity contribution in [2.24, 2.45) is 10.9 Å². The molecule has 0 bridgehead atoms. The molecule has 0 radical (unpaired) electrons. The summed E-state index contributed by atoms with van der Waals surface area (Å²) in [5, 5.41) is 6.80. The Hall–Kier alpha value is -1.59. The van der Waals surface area contributed by atoms with Crippen LogP contribution in [-0.2, 0) is 22.6 Å². The smallest absolute Gasteiger partial charge is 0.191 e. The van der Waals surface area contributed by atoms with Crippen molar-refractivity contribution in [1.29, 1.82) is 0 Å². The molecule has 146 valence electrons. The SMILES string of the molecule is CCNC(=NCc1cccc(COC2CCOCC2)c1)NC(C)C(C)C. The van der Waals surface area contributed by atoms with Crippen molar-refractivity contribution in [3.8, 4) is 0 Å². The summed E-state index contributed by atoms with van der Waals surface area (Å²) in [6.45, 7) is 12.5. The summed E-state index contributed by atoms with van der Waals surface area (Å²) in [4.78, 5) is 4.73. The van der Waals surface area contributed by atoms with Gasteiger partial charge >= 0.3 is 0 Å². The maximum atomic E-state index is 6.03. The summed E-state index contributed by atoms with van der Waals surface area (Å²) in [5.74, 6) is 1.43. The molecule has 0 amide bonds. The Morgan fingerprint density at radius 3 is 2.65 bits per heavy atom. The van der Waals surface area contributed by atoms with Crippen LogP contribution in [0.1, 0.15) is 51.7 Å². The van der Waals surface area contributed by atoms with E-state index in [1.165, 1.54) is 11.1 Å². The minimum Gasteiger partial charge on any atom is -0.381 e. The van der Waals surface area contributed by atoms with Gasteiger partial charge in [0.05, 0.1) is 19.3 Å². The van der Waals surface area contributed by atoms with Crippen LogP contribution in [0.2, 0.25) is 0 Å². The molecule has 1 aliphatic rings. The van der Waals surface area contributed by atoms with Gasteiger partial charge in [-0.3, -0.25) is 0 Å². The number of hydrogen-bond donors (Lipinski definition) is 2. The van der Waals surface area contributed by atoms with Crippen molar-refractivity contribution in [2.45, 2.75) is 65.8 Å². The normalized spacial score (nSPS) is 17.3. The van der Waals surface area contributed by atoms with E-state index < -0.39 is 0 Å². The van der Waals surface area contributed by atoms with Crippen LogP contribution < -0.4 is 10.6 Å². The highest BCUT2D eigenvalue weighted by Gasteiger charge is 2.14. The fourth-order valence-electron chi connectivity index (χ4n) is 2.75. The molecule has 5 heteroatoms. The first-order valence-corrected chi connectivity index (χ1v) is 9.90. The van der Waals surface area contributed by atoms with Crippen LogP contribution in [-0.4, -0.2) is 37.9 Å². The molecule has 1 aromatic rings. The van der Waals surface area contributed by atoms with E-state index in [0.717, 1.165) is 38.6 Å². The number of nitrogens with zero attached hydrogens (tertiary/aromatic N) is 1. The number of hydrogen-bond acceptors (Lipinski definition) is 3. The second kappa shape index (κ2) is 11.2. The minimum absolute atomic E-state index is 0.326. The molecule has 1 fully saturated rings. The quantitative estimate of drug-likeness (QED) is 0.550. The van der Waals surface area contributed by atoms with Gasteiger partial charge in [-0.25, -0.2) is 4.99 Å². The third kappa shape index (κ3) is 7.34. The Morgan fingerprint density at radius 1 is 1.23 bits per heavy atom. The topological polar surface area (TPSA) is 54.9 Å². The van der Waals surface area contributed by atoms with Gasteiger partial charge in [0.15, 0.2) is 5.96 Å². The van der Waals surface area contributed by atoms with E-state index in [0.29, 0.717) is 31.2 Å². The molecule has 5 nitrogen and oxygen atoms in total. The zero-order chi connectivity index (χ0) is 18.8. The Kier molecular flexibility index (Phi) is 8.92. The Bertz CT molecular complexity index is 554. The van der Waals surface area contributed by atoms with E-state index in [4.69, 9.17) is 14.5 Å². The molecule has 0 aliphatic carbocycles. The third-order valence-corrected chi connectivity index (χ3v) is 4.77. The van der Waals surface area contributed by atoms with Crippen LogP contribution in [0.4, 0.5) is 0 Å². The molecule has 0 spiro atoms. The summed E-state index contributed by atoms with van der Waals surface area (Å²) in [5.41, 5.74) is 2.41. The lowest BCUT2D eigenvalue weighted by atomic mass is 10.1. The lowest BCUT2D eigenvalue weighted by Crippen LogP contribution is -2.44. The molecule has 1 heterocycles. The van der Waals surface area contributed by atoms with E-state index in [-0.39, 0.29) is 0 Å². The van der Waals surface area contributed by atoms with Gasteiger partial charge in [-0.05, 0) is 43.7 Å². The molecular formula is C21H35N3O2. The maximum absolute atomic E-state index is 6.03. The van der Waals surface area contributed by atoms with Gasteiger partial charge in [-0.15, -0.1) is 0 Å². The van der Waals surface area contributed by atoms with Gasteiger partial charge in [-0.2, -0.15) is 0 Å². The monoisotopic (exact) mass is 361 g/mol. The molecular weight excluding hydrogens is 326 g/mol. The van der Waals surface area contributed by atoms with Gasteiger partial charge in [-0.1, -0.05) is 38.1 Å². The fourth-order valence-corrected chi connectivity index (χ4v) is 2.75. The first-order valence-electron chi connectivity index (χ1n) is 9.90. The number of aliphatic imine (C=N–C) groups is 1. The molecule has 1 atom stereocenters. The first-order chi connectivity index (χ1) is 12.6. The van der Waals surface area contributed by atoms with E-state index in [9.17, 15) is 0 Å². The first kappa shape index (κ1) is 20.7. The molecule has 0 aromatic heterocycles. The van der Waals surface area contributed by atoms with Gasteiger partial charge in [0.25, 0.3) is 0 Å². The highest BCUT2D eigenvalue weighted by Crippen LogP contribution is 2.14. The highest BCUT2D eigenvalue weighted by atomic mass is 16.5. The largest absolute Gasteiger partial charge is 0.381 e. The Labute approximate surface area is 158 Å². The lowest BCUT2D eigenvalue weighted by molar-refractivity contribution is -0.0390. The summed E-state index contributed by atoms with van der Waals surface area (Å²) >= 11 is 0. The molecule has 1 saturated heterocycles. The predicted molar refractivity (Wildman–Crippen MR) is 107 cm³/mol. The van der Waals surface area contributed by atoms with E-state index in [1.807, 2.05) is 0 Å². The summed E-state index contributed by atoms with van der Waals surface area (Å²) in [7, 11) is 0. The van der Waals surface area contributed by atoms with Gasteiger partial charge in [0.2, 0.25) is 0 Å². The van der Waals surface area contributed by atoms with Crippen molar-refractivity contribution in [3.63, 3.8) is 0 Å².